The molecule has 0 aliphatic heterocycles. The molecule has 2 rings (SSSR count). The largest absolute Gasteiger partial charge is 0.298 e. The Morgan fingerprint density at radius 2 is 1.87 bits per heavy atom. The molecule has 1 fully saturated rings. The van der Waals surface area contributed by atoms with Crippen molar-refractivity contribution in [3.63, 3.8) is 0 Å². The van der Waals surface area contributed by atoms with Crippen molar-refractivity contribution in [2.75, 3.05) is 0 Å². The molecule has 0 aromatic heterocycles. The highest BCUT2D eigenvalue weighted by atomic mass is 79.9. The van der Waals surface area contributed by atoms with Crippen molar-refractivity contribution in [3.8, 4) is 0 Å². The Bertz CT molecular complexity index is 360. The summed E-state index contributed by atoms with van der Waals surface area (Å²) < 4.78 is 12.7. The number of ketones is 1. The van der Waals surface area contributed by atoms with Gasteiger partial charge in [-0.1, -0.05) is 34.5 Å². The van der Waals surface area contributed by atoms with E-state index in [0.717, 1.165) is 24.8 Å². The highest BCUT2D eigenvalue weighted by Crippen LogP contribution is 2.33. The molecule has 0 saturated heterocycles. The second-order valence-electron chi connectivity index (χ2n) is 3.90. The zero-order valence-corrected chi connectivity index (χ0v) is 9.84. The molecular weight excluding hydrogens is 259 g/mol. The third-order valence-electron chi connectivity index (χ3n) is 2.87. The lowest BCUT2D eigenvalue weighted by Crippen LogP contribution is -2.26. The van der Waals surface area contributed by atoms with Crippen LogP contribution < -0.4 is 0 Å². The summed E-state index contributed by atoms with van der Waals surface area (Å²) in [7, 11) is 0. The minimum Gasteiger partial charge on any atom is -0.298 e. The van der Waals surface area contributed by atoms with Gasteiger partial charge in [-0.25, -0.2) is 4.39 Å². The summed E-state index contributed by atoms with van der Waals surface area (Å²) in [4.78, 5) is 11.8. The summed E-state index contributed by atoms with van der Waals surface area (Å²) in [6.45, 7) is 0. The van der Waals surface area contributed by atoms with Gasteiger partial charge in [0, 0.05) is 5.92 Å². The predicted molar refractivity (Wildman–Crippen MR) is 60.7 cm³/mol. The van der Waals surface area contributed by atoms with Crippen molar-refractivity contribution in [2.24, 2.45) is 0 Å². The number of Topliss-reactive ketones (excluding diaryl/α,β-unsaturated/α-hetero) is 1. The quantitative estimate of drug-likeness (QED) is 0.715. The number of rotatable bonds is 1. The molecule has 1 saturated carbocycles. The molecule has 2 unspecified atom stereocenters. The fourth-order valence-corrected chi connectivity index (χ4v) is 2.67. The first-order chi connectivity index (χ1) is 7.18. The highest BCUT2D eigenvalue weighted by Gasteiger charge is 2.30. The molecule has 80 valence electrons. The van der Waals surface area contributed by atoms with Crippen LogP contribution in [0.1, 0.15) is 30.7 Å². The molecule has 0 radical (unpaired) electrons. The molecule has 0 N–H and O–H groups in total. The Kier molecular flexibility index (Phi) is 3.19. The Morgan fingerprint density at radius 3 is 2.53 bits per heavy atom. The summed E-state index contributed by atoms with van der Waals surface area (Å²) in [6, 6.07) is 6.26. The highest BCUT2D eigenvalue weighted by molar-refractivity contribution is 9.10. The summed E-state index contributed by atoms with van der Waals surface area (Å²) in [5.41, 5.74) is 0.936. The van der Waals surface area contributed by atoms with E-state index in [1.807, 2.05) is 0 Å². The van der Waals surface area contributed by atoms with Gasteiger partial charge in [0.2, 0.25) is 0 Å². The van der Waals surface area contributed by atoms with E-state index in [4.69, 9.17) is 0 Å². The SMILES string of the molecule is O=C1C(Br)CCCC1c1ccc(F)cc1. The summed E-state index contributed by atoms with van der Waals surface area (Å²) in [6.07, 6.45) is 2.84. The van der Waals surface area contributed by atoms with E-state index < -0.39 is 0 Å². The van der Waals surface area contributed by atoms with E-state index in [1.54, 1.807) is 12.1 Å². The van der Waals surface area contributed by atoms with Crippen molar-refractivity contribution in [1.82, 2.24) is 0 Å². The Labute approximate surface area is 96.8 Å². The van der Waals surface area contributed by atoms with Gasteiger partial charge in [-0.2, -0.15) is 0 Å². The number of hydrogen-bond donors (Lipinski definition) is 0. The van der Waals surface area contributed by atoms with Gasteiger partial charge in [0.25, 0.3) is 0 Å². The lowest BCUT2D eigenvalue weighted by atomic mass is 9.83. The molecule has 0 heterocycles. The lowest BCUT2D eigenvalue weighted by Gasteiger charge is -2.24. The van der Waals surface area contributed by atoms with Crippen LogP contribution in [0.4, 0.5) is 4.39 Å². The van der Waals surface area contributed by atoms with Gasteiger partial charge in [0.1, 0.15) is 5.82 Å². The predicted octanol–water partition coefficient (Wildman–Crippen LogP) is 3.43. The van der Waals surface area contributed by atoms with Crippen LogP contribution in [-0.2, 0) is 4.79 Å². The van der Waals surface area contributed by atoms with Crippen LogP contribution in [0.25, 0.3) is 0 Å². The Hall–Kier alpha value is -0.700. The van der Waals surface area contributed by atoms with Crippen LogP contribution in [-0.4, -0.2) is 10.6 Å². The topological polar surface area (TPSA) is 17.1 Å². The molecule has 3 heteroatoms. The minimum absolute atomic E-state index is 0.0266. The van der Waals surface area contributed by atoms with E-state index in [1.165, 1.54) is 12.1 Å². The zero-order chi connectivity index (χ0) is 10.8. The van der Waals surface area contributed by atoms with Gasteiger partial charge < -0.3 is 0 Å². The average molecular weight is 271 g/mol. The monoisotopic (exact) mass is 270 g/mol. The first-order valence-electron chi connectivity index (χ1n) is 5.12. The van der Waals surface area contributed by atoms with E-state index in [9.17, 15) is 9.18 Å². The van der Waals surface area contributed by atoms with E-state index in [2.05, 4.69) is 15.9 Å². The summed E-state index contributed by atoms with van der Waals surface area (Å²) >= 11 is 3.38. The Balaban J connectivity index is 2.22. The van der Waals surface area contributed by atoms with Gasteiger partial charge in [-0.3, -0.25) is 4.79 Å². The van der Waals surface area contributed by atoms with Gasteiger partial charge in [-0.15, -0.1) is 0 Å². The molecule has 1 aliphatic carbocycles. The first-order valence-corrected chi connectivity index (χ1v) is 6.03. The van der Waals surface area contributed by atoms with Crippen LogP contribution in [0.15, 0.2) is 24.3 Å². The average Bonchev–Trinajstić information content (AvgIpc) is 2.24. The molecule has 1 aliphatic rings. The molecular formula is C12H12BrFO. The van der Waals surface area contributed by atoms with Crippen LogP contribution >= 0.6 is 15.9 Å². The van der Waals surface area contributed by atoms with Crippen molar-refractivity contribution in [1.29, 1.82) is 0 Å². The van der Waals surface area contributed by atoms with Crippen LogP contribution in [0.3, 0.4) is 0 Å². The second kappa shape index (κ2) is 4.44. The minimum atomic E-state index is -0.252. The molecule has 0 amide bonds. The number of hydrogen-bond acceptors (Lipinski definition) is 1. The van der Waals surface area contributed by atoms with E-state index in [0.29, 0.717) is 0 Å². The molecule has 1 aromatic carbocycles. The fourth-order valence-electron chi connectivity index (χ4n) is 2.03. The number of carbonyl (C=O) groups excluding carboxylic acids is 1. The number of benzene rings is 1. The molecule has 1 nitrogen and oxygen atoms in total. The van der Waals surface area contributed by atoms with Gasteiger partial charge in [-0.05, 0) is 30.5 Å². The fraction of sp³-hybridized carbons (Fsp3) is 0.417. The van der Waals surface area contributed by atoms with Gasteiger partial charge in [0.15, 0.2) is 5.78 Å². The van der Waals surface area contributed by atoms with E-state index in [-0.39, 0.29) is 22.3 Å². The van der Waals surface area contributed by atoms with Gasteiger partial charge >= 0.3 is 0 Å². The third kappa shape index (κ3) is 2.28. The maximum Gasteiger partial charge on any atom is 0.153 e. The molecule has 2 atom stereocenters. The smallest absolute Gasteiger partial charge is 0.153 e. The van der Waals surface area contributed by atoms with Crippen molar-refractivity contribution >= 4 is 21.7 Å². The standard InChI is InChI=1S/C12H12BrFO/c13-11-3-1-2-10(12(11)15)8-4-6-9(14)7-5-8/h4-7,10-11H,1-3H2. The second-order valence-corrected chi connectivity index (χ2v) is 5.01. The zero-order valence-electron chi connectivity index (χ0n) is 8.25. The van der Waals surface area contributed by atoms with Crippen molar-refractivity contribution in [3.05, 3.63) is 35.6 Å². The van der Waals surface area contributed by atoms with Crippen LogP contribution in [0.2, 0.25) is 0 Å². The molecule has 15 heavy (non-hydrogen) atoms. The molecule has 0 bridgehead atoms. The van der Waals surface area contributed by atoms with Crippen molar-refractivity contribution < 1.29 is 9.18 Å². The van der Waals surface area contributed by atoms with Crippen LogP contribution in [0.5, 0.6) is 0 Å². The lowest BCUT2D eigenvalue weighted by molar-refractivity contribution is -0.121. The van der Waals surface area contributed by atoms with E-state index >= 15 is 0 Å². The summed E-state index contributed by atoms with van der Waals surface area (Å²) in [5, 5.41) is 0. The van der Waals surface area contributed by atoms with Crippen LogP contribution in [0, 0.1) is 5.82 Å². The molecule has 0 spiro atoms. The summed E-state index contributed by atoms with van der Waals surface area (Å²) in [5.74, 6) is -0.0750. The number of carbonyl (C=O) groups is 1. The maximum atomic E-state index is 12.7. The number of halogens is 2. The third-order valence-corrected chi connectivity index (χ3v) is 3.78. The molecule has 1 aromatic rings. The first kappa shape index (κ1) is 10.8. The normalized spacial score (nSPS) is 26.7. The maximum absolute atomic E-state index is 12.7. The van der Waals surface area contributed by atoms with Crippen molar-refractivity contribution in [2.45, 2.75) is 30.0 Å². The number of alkyl halides is 1. The Morgan fingerprint density at radius 1 is 1.20 bits per heavy atom. The van der Waals surface area contributed by atoms with Gasteiger partial charge in [0.05, 0.1) is 4.83 Å².